The Labute approximate surface area is 155 Å². The molecule has 26 heavy (non-hydrogen) atoms. The lowest BCUT2D eigenvalue weighted by Gasteiger charge is -2.22. The zero-order valence-electron chi connectivity index (χ0n) is 15.4. The zero-order chi connectivity index (χ0) is 18.8. The molecule has 0 saturated carbocycles. The second-order valence-electron chi connectivity index (χ2n) is 6.02. The topological polar surface area (TPSA) is 58.6 Å². The standard InChI is InChI=1S/C21H26N2O3/c1-3-13-22-20(24)16-23(14-4-2)21(25)17-9-8-12-19(15-17)26-18-10-6-5-7-11-18/h5-12,15H,3-4,13-14,16H2,1-2H3,(H,22,24). The lowest BCUT2D eigenvalue weighted by molar-refractivity contribution is -0.121. The first-order valence-electron chi connectivity index (χ1n) is 9.03. The van der Waals surface area contributed by atoms with Crippen LogP contribution in [0.15, 0.2) is 54.6 Å². The summed E-state index contributed by atoms with van der Waals surface area (Å²) in [6.45, 7) is 5.19. The first kappa shape index (κ1) is 19.5. The van der Waals surface area contributed by atoms with E-state index in [1.54, 1.807) is 23.1 Å². The van der Waals surface area contributed by atoms with Gasteiger partial charge in [0.2, 0.25) is 5.91 Å². The minimum absolute atomic E-state index is 0.0659. The molecule has 138 valence electrons. The average Bonchev–Trinajstić information content (AvgIpc) is 2.66. The summed E-state index contributed by atoms with van der Waals surface area (Å²) in [7, 11) is 0. The van der Waals surface area contributed by atoms with Crippen LogP contribution >= 0.6 is 0 Å². The molecular weight excluding hydrogens is 328 g/mol. The molecule has 2 rings (SSSR count). The van der Waals surface area contributed by atoms with Crippen LogP contribution in [0.2, 0.25) is 0 Å². The number of nitrogens with one attached hydrogen (secondary N) is 1. The summed E-state index contributed by atoms with van der Waals surface area (Å²) in [5.41, 5.74) is 0.509. The Bertz CT molecular complexity index is 716. The van der Waals surface area contributed by atoms with Crippen LogP contribution in [0.25, 0.3) is 0 Å². The van der Waals surface area contributed by atoms with E-state index < -0.39 is 0 Å². The van der Waals surface area contributed by atoms with Crippen molar-refractivity contribution >= 4 is 11.8 Å². The first-order valence-corrected chi connectivity index (χ1v) is 9.03. The molecule has 0 fully saturated rings. The Kier molecular flexibility index (Phi) is 7.68. The predicted molar refractivity (Wildman–Crippen MR) is 102 cm³/mol. The van der Waals surface area contributed by atoms with E-state index in [1.807, 2.05) is 50.2 Å². The van der Waals surface area contributed by atoms with Gasteiger partial charge in [0.25, 0.3) is 5.91 Å². The summed E-state index contributed by atoms with van der Waals surface area (Å²) in [4.78, 5) is 26.4. The van der Waals surface area contributed by atoms with Crippen molar-refractivity contribution in [3.63, 3.8) is 0 Å². The highest BCUT2D eigenvalue weighted by Crippen LogP contribution is 2.22. The van der Waals surface area contributed by atoms with E-state index in [2.05, 4.69) is 5.32 Å². The molecule has 0 aliphatic heterocycles. The van der Waals surface area contributed by atoms with Gasteiger partial charge in [-0.25, -0.2) is 0 Å². The van der Waals surface area contributed by atoms with Gasteiger partial charge < -0.3 is 15.0 Å². The fourth-order valence-corrected chi connectivity index (χ4v) is 2.52. The van der Waals surface area contributed by atoms with Gasteiger partial charge in [0.05, 0.1) is 6.54 Å². The molecule has 0 unspecified atom stereocenters. The lowest BCUT2D eigenvalue weighted by Crippen LogP contribution is -2.41. The van der Waals surface area contributed by atoms with Crippen molar-refractivity contribution < 1.29 is 14.3 Å². The fraction of sp³-hybridized carbons (Fsp3) is 0.333. The number of benzene rings is 2. The highest BCUT2D eigenvalue weighted by atomic mass is 16.5. The quantitative estimate of drug-likeness (QED) is 0.744. The maximum atomic E-state index is 12.8. The third-order valence-corrected chi connectivity index (χ3v) is 3.75. The summed E-state index contributed by atoms with van der Waals surface area (Å²) < 4.78 is 5.79. The van der Waals surface area contributed by atoms with Gasteiger partial charge in [-0.2, -0.15) is 0 Å². The summed E-state index contributed by atoms with van der Waals surface area (Å²) in [5, 5.41) is 2.81. The molecule has 0 atom stereocenters. The Hall–Kier alpha value is -2.82. The molecule has 0 saturated heterocycles. The fourth-order valence-electron chi connectivity index (χ4n) is 2.52. The van der Waals surface area contributed by atoms with Crippen molar-refractivity contribution in [2.75, 3.05) is 19.6 Å². The van der Waals surface area contributed by atoms with Gasteiger partial charge >= 0.3 is 0 Å². The van der Waals surface area contributed by atoms with Crippen LogP contribution in [0.4, 0.5) is 0 Å². The zero-order valence-corrected chi connectivity index (χ0v) is 15.4. The Balaban J connectivity index is 2.10. The third-order valence-electron chi connectivity index (χ3n) is 3.75. The molecule has 0 aliphatic rings. The van der Waals surface area contributed by atoms with Crippen LogP contribution < -0.4 is 10.1 Å². The van der Waals surface area contributed by atoms with Crippen molar-refractivity contribution in [2.45, 2.75) is 26.7 Å². The normalized spacial score (nSPS) is 10.2. The number of amides is 2. The minimum Gasteiger partial charge on any atom is -0.457 e. The third kappa shape index (κ3) is 5.92. The van der Waals surface area contributed by atoms with E-state index in [0.717, 1.165) is 12.8 Å². The van der Waals surface area contributed by atoms with E-state index in [4.69, 9.17) is 4.74 Å². The van der Waals surface area contributed by atoms with Gasteiger partial charge in [0.15, 0.2) is 0 Å². The van der Waals surface area contributed by atoms with E-state index in [-0.39, 0.29) is 18.4 Å². The maximum Gasteiger partial charge on any atom is 0.254 e. The van der Waals surface area contributed by atoms with Gasteiger partial charge in [0.1, 0.15) is 11.5 Å². The number of nitrogens with zero attached hydrogens (tertiary/aromatic N) is 1. The van der Waals surface area contributed by atoms with Crippen molar-refractivity contribution in [1.82, 2.24) is 10.2 Å². The molecule has 2 amide bonds. The van der Waals surface area contributed by atoms with Crippen LogP contribution in [-0.2, 0) is 4.79 Å². The largest absolute Gasteiger partial charge is 0.457 e. The number of carbonyl (C=O) groups is 2. The van der Waals surface area contributed by atoms with Gasteiger partial charge in [-0.3, -0.25) is 9.59 Å². The number of hydrogen-bond acceptors (Lipinski definition) is 3. The lowest BCUT2D eigenvalue weighted by atomic mass is 10.1. The second-order valence-corrected chi connectivity index (χ2v) is 6.02. The molecule has 0 radical (unpaired) electrons. The number of para-hydroxylation sites is 1. The van der Waals surface area contributed by atoms with E-state index in [0.29, 0.717) is 30.2 Å². The van der Waals surface area contributed by atoms with E-state index in [1.165, 1.54) is 0 Å². The van der Waals surface area contributed by atoms with E-state index >= 15 is 0 Å². The molecule has 0 heterocycles. The first-order chi connectivity index (χ1) is 12.6. The van der Waals surface area contributed by atoms with Gasteiger partial charge in [-0.15, -0.1) is 0 Å². The molecule has 0 aliphatic carbocycles. The van der Waals surface area contributed by atoms with Crippen LogP contribution in [0.3, 0.4) is 0 Å². The van der Waals surface area contributed by atoms with Crippen LogP contribution in [0.1, 0.15) is 37.0 Å². The summed E-state index contributed by atoms with van der Waals surface area (Å²) in [6, 6.07) is 16.5. The van der Waals surface area contributed by atoms with Gasteiger partial charge in [0, 0.05) is 18.7 Å². The average molecular weight is 354 g/mol. The molecule has 2 aromatic rings. The van der Waals surface area contributed by atoms with Crippen molar-refractivity contribution in [3.05, 3.63) is 60.2 Å². The van der Waals surface area contributed by atoms with E-state index in [9.17, 15) is 9.59 Å². The van der Waals surface area contributed by atoms with Crippen LogP contribution in [0.5, 0.6) is 11.5 Å². The molecule has 5 nitrogen and oxygen atoms in total. The van der Waals surface area contributed by atoms with Crippen molar-refractivity contribution in [2.24, 2.45) is 0 Å². The number of rotatable bonds is 9. The highest BCUT2D eigenvalue weighted by Gasteiger charge is 2.18. The molecule has 5 heteroatoms. The molecule has 0 aromatic heterocycles. The van der Waals surface area contributed by atoms with Crippen LogP contribution in [-0.4, -0.2) is 36.3 Å². The maximum absolute atomic E-state index is 12.8. The predicted octanol–water partition coefficient (Wildman–Crippen LogP) is 3.86. The smallest absolute Gasteiger partial charge is 0.254 e. The monoisotopic (exact) mass is 354 g/mol. The summed E-state index contributed by atoms with van der Waals surface area (Å²) in [6.07, 6.45) is 1.65. The SMILES string of the molecule is CCCNC(=O)CN(CCC)C(=O)c1cccc(Oc2ccccc2)c1. The molecule has 0 spiro atoms. The molecule has 1 N–H and O–H groups in total. The molecular formula is C21H26N2O3. The Morgan fingerprint density at radius 3 is 2.38 bits per heavy atom. The Morgan fingerprint density at radius 1 is 0.962 bits per heavy atom. The molecule has 2 aromatic carbocycles. The summed E-state index contributed by atoms with van der Waals surface area (Å²) in [5.74, 6) is 0.998. The second kappa shape index (κ2) is 10.2. The van der Waals surface area contributed by atoms with Gasteiger partial charge in [-0.1, -0.05) is 38.1 Å². The highest BCUT2D eigenvalue weighted by molar-refractivity contribution is 5.96. The van der Waals surface area contributed by atoms with Crippen LogP contribution in [0, 0.1) is 0 Å². The number of carbonyl (C=O) groups excluding carboxylic acids is 2. The van der Waals surface area contributed by atoms with Gasteiger partial charge in [-0.05, 0) is 43.2 Å². The summed E-state index contributed by atoms with van der Waals surface area (Å²) >= 11 is 0. The molecule has 0 bridgehead atoms. The Morgan fingerprint density at radius 2 is 1.69 bits per heavy atom. The van der Waals surface area contributed by atoms with Crippen molar-refractivity contribution in [1.29, 1.82) is 0 Å². The number of ether oxygens (including phenoxy) is 1. The number of hydrogen-bond donors (Lipinski definition) is 1. The minimum atomic E-state index is -0.169. The van der Waals surface area contributed by atoms with Crippen molar-refractivity contribution in [3.8, 4) is 11.5 Å².